The summed E-state index contributed by atoms with van der Waals surface area (Å²) >= 11 is -10.5. The Labute approximate surface area is 400 Å². The summed E-state index contributed by atoms with van der Waals surface area (Å²) in [6.07, 6.45) is 41.2. The van der Waals surface area contributed by atoms with Gasteiger partial charge in [0.1, 0.15) is 0 Å². The average molecular weight is 1280 g/mol. The van der Waals surface area contributed by atoms with Crippen LogP contribution in [0.5, 0.6) is 0 Å². The van der Waals surface area contributed by atoms with Crippen LogP contribution >= 0.6 is 0 Å². The maximum atomic E-state index is 4.28. The molecule has 0 saturated carbocycles. The van der Waals surface area contributed by atoms with Gasteiger partial charge in [-0.1, -0.05) is 0 Å². The molecule has 0 saturated heterocycles. The summed E-state index contributed by atoms with van der Waals surface area (Å²) in [4.78, 5) is 0. The number of hydrogen-bond donors (Lipinski definition) is 0. The Balaban J connectivity index is 8.21. The van der Waals surface area contributed by atoms with Crippen molar-refractivity contribution >= 4 is 81.6 Å². The van der Waals surface area contributed by atoms with Crippen LogP contribution < -0.4 is 0 Å². The van der Waals surface area contributed by atoms with E-state index in [1.165, 1.54) is 130 Å². The van der Waals surface area contributed by atoms with E-state index >= 15 is 0 Å². The van der Waals surface area contributed by atoms with Gasteiger partial charge in [-0.15, -0.1) is 0 Å². The number of rotatable bonds is 48. The van der Waals surface area contributed by atoms with E-state index in [2.05, 4.69) is 152 Å². The van der Waals surface area contributed by atoms with Crippen molar-refractivity contribution in [2.24, 2.45) is 0 Å². The fraction of sp³-hybridized carbons (Fsp3) is 0.571. The molecular formula is C56H100SiSn4. The van der Waals surface area contributed by atoms with Crippen LogP contribution in [0, 0.1) is 0 Å². The van der Waals surface area contributed by atoms with E-state index in [1.807, 2.05) is 0 Å². The Morgan fingerprint density at radius 2 is 0.311 bits per heavy atom. The topological polar surface area (TPSA) is 0 Å². The first-order valence-electron chi connectivity index (χ1n) is 24.9. The second-order valence-electron chi connectivity index (χ2n) is 19.4. The third-order valence-electron chi connectivity index (χ3n) is 15.3. The molecule has 0 bridgehead atoms. The van der Waals surface area contributed by atoms with Crippen LogP contribution in [0.4, 0.5) is 0 Å². The fourth-order valence-corrected chi connectivity index (χ4v) is 97.9. The molecule has 0 aliphatic heterocycles. The minimum absolute atomic E-state index is 1.19. The summed E-state index contributed by atoms with van der Waals surface area (Å²) in [7, 11) is -1.81. The quantitative estimate of drug-likeness (QED) is 0.0421. The molecule has 0 fully saturated rings. The minimum atomic E-state index is -2.62. The molecule has 0 spiro atoms. The summed E-state index contributed by atoms with van der Waals surface area (Å²) in [6.45, 7) is 51.4. The summed E-state index contributed by atoms with van der Waals surface area (Å²) in [5.74, 6) is 0. The second kappa shape index (κ2) is 38.4. The van der Waals surface area contributed by atoms with Crippen molar-refractivity contribution in [3.63, 3.8) is 0 Å². The monoisotopic (exact) mass is 1280 g/mol. The normalized spacial score (nSPS) is 12.2. The van der Waals surface area contributed by atoms with E-state index in [9.17, 15) is 0 Å². The summed E-state index contributed by atoms with van der Waals surface area (Å²) in [5.41, 5.74) is 0. The number of allylic oxidation sites excluding steroid dienone is 12. The Hall–Kier alpha value is 0.292. The van der Waals surface area contributed by atoms with Gasteiger partial charge in [0.25, 0.3) is 0 Å². The first-order chi connectivity index (χ1) is 29.6. The molecule has 5 heteroatoms. The fourth-order valence-electron chi connectivity index (χ4n) is 10.8. The molecule has 0 rings (SSSR count). The van der Waals surface area contributed by atoms with E-state index in [1.54, 1.807) is 41.9 Å². The van der Waals surface area contributed by atoms with Gasteiger partial charge >= 0.3 is 406 Å². The van der Waals surface area contributed by atoms with Crippen molar-refractivity contribution in [3.8, 4) is 0 Å². The van der Waals surface area contributed by atoms with Crippen LogP contribution in [0.2, 0.25) is 95.2 Å². The van der Waals surface area contributed by atoms with E-state index < -0.39 is 81.6 Å². The van der Waals surface area contributed by atoms with Crippen LogP contribution in [0.15, 0.2) is 152 Å². The molecule has 0 aromatic carbocycles. The standard InChI is InChI=1S/C8H16Si.12C4H7.4Sn/c1-5-9(6-2,7-3)8-4;12*1-3-4-2;;;;/h1-8H2;12*3H,1-2,4H2;;;;. The molecule has 0 aliphatic rings. The molecular weight excluding hydrogens is 1180 g/mol. The predicted octanol–water partition coefficient (Wildman–Crippen LogP) is 20.1. The molecule has 0 aliphatic carbocycles. The Bertz CT molecular complexity index is 968. The van der Waals surface area contributed by atoms with Crippen LogP contribution in [-0.2, 0) is 0 Å². The van der Waals surface area contributed by atoms with Crippen molar-refractivity contribution in [2.45, 2.75) is 172 Å². The third kappa shape index (κ3) is 26.3. The molecule has 0 heterocycles. The van der Waals surface area contributed by atoms with Gasteiger partial charge < -0.3 is 0 Å². The molecule has 0 aromatic heterocycles. The average Bonchev–Trinajstić information content (AvgIpc) is 3.29. The van der Waals surface area contributed by atoms with Gasteiger partial charge in [0.05, 0.1) is 0 Å². The maximum absolute atomic E-state index is 4.28. The molecule has 0 radical (unpaired) electrons. The van der Waals surface area contributed by atoms with Crippen molar-refractivity contribution in [3.05, 3.63) is 152 Å². The van der Waals surface area contributed by atoms with E-state index in [4.69, 9.17) is 0 Å². The molecule has 0 unspecified atom stereocenters. The number of hydrogen-bond acceptors (Lipinski definition) is 0. The van der Waals surface area contributed by atoms with Gasteiger partial charge in [-0.3, -0.25) is 0 Å². The van der Waals surface area contributed by atoms with Crippen LogP contribution in [0.3, 0.4) is 0 Å². The van der Waals surface area contributed by atoms with Gasteiger partial charge in [0, 0.05) is 0 Å². The van der Waals surface area contributed by atoms with E-state index in [-0.39, 0.29) is 0 Å². The van der Waals surface area contributed by atoms with Gasteiger partial charge in [-0.2, -0.15) is 0 Å². The van der Waals surface area contributed by atoms with E-state index in [0.29, 0.717) is 0 Å². The zero-order valence-corrected chi connectivity index (χ0v) is 53.0. The van der Waals surface area contributed by atoms with Gasteiger partial charge in [0.15, 0.2) is 0 Å². The Morgan fingerprint density at radius 3 is 0.410 bits per heavy atom. The van der Waals surface area contributed by atoms with Crippen molar-refractivity contribution in [1.29, 1.82) is 0 Å². The SMILES string of the molecule is C=CC[CH2][Sn]([CH2]CC=C)([CH2]CC=C)[CH2]C[Si](C[CH2][Sn]([CH2]CC=C)([CH2]CC=C)[CH2]CC=C)(C[CH2][Sn]([CH2]CC=C)([CH2]CC=C)[CH2]CC=C)C[CH2][Sn]([CH2]CC=C)([CH2]CC=C)[CH2]CC=C. The van der Waals surface area contributed by atoms with Gasteiger partial charge in [0.2, 0.25) is 0 Å². The van der Waals surface area contributed by atoms with E-state index in [0.717, 1.165) is 0 Å². The Morgan fingerprint density at radius 1 is 0.197 bits per heavy atom. The zero-order chi connectivity index (χ0) is 45.6. The summed E-state index contributed by atoms with van der Waals surface area (Å²) in [6, 6.07) is 6.33. The Kier molecular flexibility index (Phi) is 38.6. The van der Waals surface area contributed by atoms with Gasteiger partial charge in [-0.05, 0) is 0 Å². The summed E-state index contributed by atoms with van der Waals surface area (Å²) < 4.78 is 23.7. The van der Waals surface area contributed by atoms with Crippen LogP contribution in [-0.4, -0.2) is 81.6 Å². The molecule has 0 atom stereocenters. The van der Waals surface area contributed by atoms with Crippen LogP contribution in [0.1, 0.15) is 77.0 Å². The second-order valence-corrected chi connectivity index (χ2v) is 81.5. The molecule has 61 heavy (non-hydrogen) atoms. The van der Waals surface area contributed by atoms with Crippen molar-refractivity contribution < 1.29 is 0 Å². The van der Waals surface area contributed by atoms with Crippen LogP contribution in [0.25, 0.3) is 0 Å². The van der Waals surface area contributed by atoms with Crippen molar-refractivity contribution in [1.82, 2.24) is 0 Å². The predicted molar refractivity (Wildman–Crippen MR) is 303 cm³/mol. The first-order valence-corrected chi connectivity index (χ1v) is 60.0. The zero-order valence-electron chi connectivity index (χ0n) is 40.5. The molecule has 0 amide bonds. The molecule has 0 nitrogen and oxygen atoms in total. The first kappa shape index (κ1) is 61.3. The molecule has 0 N–H and O–H groups in total. The summed E-state index contributed by atoms with van der Waals surface area (Å²) in [5, 5.41) is 0. The van der Waals surface area contributed by atoms with Crippen molar-refractivity contribution in [2.75, 3.05) is 0 Å². The third-order valence-corrected chi connectivity index (χ3v) is 87.4. The molecule has 0 aromatic rings. The van der Waals surface area contributed by atoms with Gasteiger partial charge in [-0.25, -0.2) is 0 Å². The molecule has 344 valence electrons.